The highest BCUT2D eigenvalue weighted by Gasteiger charge is 2.33. The molecule has 190 valence electrons. The van der Waals surface area contributed by atoms with Crippen molar-refractivity contribution in [3.05, 3.63) is 53.2 Å². The predicted octanol–water partition coefficient (Wildman–Crippen LogP) is 3.27. The normalized spacial score (nSPS) is 13.7. The van der Waals surface area contributed by atoms with E-state index in [2.05, 4.69) is 46.4 Å². The third kappa shape index (κ3) is 5.12. The third-order valence-corrected chi connectivity index (χ3v) is 6.45. The summed E-state index contributed by atoms with van der Waals surface area (Å²) in [6.07, 6.45) is 0.463. The van der Waals surface area contributed by atoms with Gasteiger partial charge in [0.15, 0.2) is 0 Å². The molecule has 2 aromatic carbocycles. The van der Waals surface area contributed by atoms with Crippen LogP contribution in [0.2, 0.25) is 0 Å². The minimum atomic E-state index is -0.553. The molecule has 1 aliphatic heterocycles. The summed E-state index contributed by atoms with van der Waals surface area (Å²) in [6.45, 7) is 6.04. The van der Waals surface area contributed by atoms with Gasteiger partial charge in [0.1, 0.15) is 5.75 Å². The van der Waals surface area contributed by atoms with Gasteiger partial charge in [0.2, 0.25) is 0 Å². The third-order valence-electron chi connectivity index (χ3n) is 6.45. The maximum atomic E-state index is 12.9. The molecule has 1 unspecified atom stereocenters. The molecule has 1 atom stereocenters. The Hall–Kier alpha value is -3.69. The quantitative estimate of drug-likeness (QED) is 0.397. The van der Waals surface area contributed by atoms with Gasteiger partial charge in [0, 0.05) is 42.8 Å². The number of nitrogens with zero attached hydrogens (tertiary/aromatic N) is 2. The molecule has 4 rings (SSSR count). The van der Waals surface area contributed by atoms with Crippen LogP contribution in [0, 0.1) is 0 Å². The van der Waals surface area contributed by atoms with Crippen LogP contribution < -0.4 is 20.7 Å². The lowest BCUT2D eigenvalue weighted by atomic mass is 9.94. The molecule has 1 aliphatic rings. The Morgan fingerprint density at radius 1 is 1.14 bits per heavy atom. The first-order chi connectivity index (χ1) is 17.2. The SMILES string of the molecule is CCNC(=O)Oc1cccc(-c2cc3c(cc(CNC(C)CCN(C)C)n3C)c3c2C(=O)NC3=O)c1. The molecule has 3 N–H and O–H groups in total. The lowest BCUT2D eigenvalue weighted by Crippen LogP contribution is -2.29. The van der Waals surface area contributed by atoms with Crippen LogP contribution in [0.1, 0.15) is 46.7 Å². The Morgan fingerprint density at radius 3 is 2.61 bits per heavy atom. The predicted molar refractivity (Wildman–Crippen MR) is 139 cm³/mol. The summed E-state index contributed by atoms with van der Waals surface area (Å²) in [7, 11) is 6.08. The highest BCUT2D eigenvalue weighted by Crippen LogP contribution is 2.37. The van der Waals surface area contributed by atoms with Gasteiger partial charge in [-0.25, -0.2) is 4.79 Å². The highest BCUT2D eigenvalue weighted by atomic mass is 16.6. The van der Waals surface area contributed by atoms with Crippen molar-refractivity contribution in [3.63, 3.8) is 0 Å². The smallest absolute Gasteiger partial charge is 0.410 e. The van der Waals surface area contributed by atoms with E-state index < -0.39 is 17.9 Å². The number of fused-ring (bicyclic) bond motifs is 3. The lowest BCUT2D eigenvalue weighted by molar-refractivity contribution is 0.0880. The summed E-state index contributed by atoms with van der Waals surface area (Å²) >= 11 is 0. The Labute approximate surface area is 210 Å². The second-order valence-corrected chi connectivity index (χ2v) is 9.41. The number of hydrogen-bond donors (Lipinski definition) is 3. The summed E-state index contributed by atoms with van der Waals surface area (Å²) in [5, 5.41) is 9.34. The van der Waals surface area contributed by atoms with Gasteiger partial charge in [-0.15, -0.1) is 0 Å². The molecular weight excluding hydrogens is 458 g/mol. The first-order valence-corrected chi connectivity index (χ1v) is 12.1. The van der Waals surface area contributed by atoms with Crippen LogP contribution in [0.25, 0.3) is 22.0 Å². The number of carbonyl (C=O) groups excluding carboxylic acids is 3. The zero-order valence-corrected chi connectivity index (χ0v) is 21.4. The van der Waals surface area contributed by atoms with E-state index in [1.807, 2.05) is 25.2 Å². The van der Waals surface area contributed by atoms with Gasteiger partial charge < -0.3 is 24.8 Å². The van der Waals surface area contributed by atoms with Crippen LogP contribution >= 0.6 is 0 Å². The van der Waals surface area contributed by atoms with Crippen molar-refractivity contribution in [3.8, 4) is 16.9 Å². The van der Waals surface area contributed by atoms with Crippen molar-refractivity contribution in [2.75, 3.05) is 27.2 Å². The number of aromatic nitrogens is 1. The molecule has 0 radical (unpaired) electrons. The second kappa shape index (κ2) is 10.5. The van der Waals surface area contributed by atoms with Gasteiger partial charge in [-0.3, -0.25) is 14.9 Å². The number of benzene rings is 2. The Morgan fingerprint density at radius 2 is 1.89 bits per heavy atom. The number of carbonyl (C=O) groups is 3. The molecule has 0 bridgehead atoms. The van der Waals surface area contributed by atoms with Crippen molar-refractivity contribution < 1.29 is 19.1 Å². The largest absolute Gasteiger partial charge is 0.412 e. The maximum Gasteiger partial charge on any atom is 0.412 e. The first-order valence-electron chi connectivity index (χ1n) is 12.1. The first kappa shape index (κ1) is 25.4. The highest BCUT2D eigenvalue weighted by molar-refractivity contribution is 6.29. The molecule has 0 spiro atoms. The van der Waals surface area contributed by atoms with E-state index in [4.69, 9.17) is 4.74 Å². The van der Waals surface area contributed by atoms with Crippen molar-refractivity contribution in [1.82, 2.24) is 25.4 Å². The van der Waals surface area contributed by atoms with Crippen LogP contribution in [-0.2, 0) is 13.6 Å². The molecule has 0 saturated heterocycles. The number of imide groups is 1. The van der Waals surface area contributed by atoms with Crippen LogP contribution in [0.5, 0.6) is 5.75 Å². The molecule has 3 amide bonds. The van der Waals surface area contributed by atoms with Gasteiger partial charge in [0.25, 0.3) is 11.8 Å². The molecule has 9 nitrogen and oxygen atoms in total. The van der Waals surface area contributed by atoms with E-state index in [1.165, 1.54) is 0 Å². The van der Waals surface area contributed by atoms with E-state index in [-0.39, 0.29) is 0 Å². The molecule has 9 heteroatoms. The average Bonchev–Trinajstić information content (AvgIpc) is 3.31. The van der Waals surface area contributed by atoms with Crippen LogP contribution in [0.4, 0.5) is 4.79 Å². The van der Waals surface area contributed by atoms with Crippen molar-refractivity contribution in [2.45, 2.75) is 32.9 Å². The summed E-state index contributed by atoms with van der Waals surface area (Å²) in [5.41, 5.74) is 3.88. The van der Waals surface area contributed by atoms with E-state index in [0.29, 0.717) is 47.1 Å². The van der Waals surface area contributed by atoms with E-state index in [0.717, 1.165) is 29.6 Å². The topological polar surface area (TPSA) is 105 Å². The average molecular weight is 492 g/mol. The minimum absolute atomic E-state index is 0.323. The Balaban J connectivity index is 1.73. The van der Waals surface area contributed by atoms with Crippen molar-refractivity contribution in [2.24, 2.45) is 7.05 Å². The van der Waals surface area contributed by atoms with Crippen molar-refractivity contribution in [1.29, 1.82) is 0 Å². The van der Waals surface area contributed by atoms with E-state index >= 15 is 0 Å². The van der Waals surface area contributed by atoms with Crippen LogP contribution in [0.3, 0.4) is 0 Å². The number of nitrogens with one attached hydrogen (secondary N) is 3. The van der Waals surface area contributed by atoms with Crippen LogP contribution in [-0.4, -0.2) is 60.6 Å². The van der Waals surface area contributed by atoms with Gasteiger partial charge >= 0.3 is 6.09 Å². The van der Waals surface area contributed by atoms with Gasteiger partial charge in [-0.05, 0) is 76.3 Å². The summed E-state index contributed by atoms with van der Waals surface area (Å²) < 4.78 is 7.41. The fraction of sp³-hybridized carbons (Fsp3) is 0.370. The number of hydrogen-bond acceptors (Lipinski definition) is 6. The fourth-order valence-electron chi connectivity index (χ4n) is 4.47. The second-order valence-electron chi connectivity index (χ2n) is 9.41. The molecule has 36 heavy (non-hydrogen) atoms. The standard InChI is InChI=1S/C27H33N5O4/c1-6-28-27(35)36-19-9-7-8-17(12-19)20-14-22-21(24-23(20)25(33)30-26(24)34)13-18(32(22)5)15-29-16(2)10-11-31(3)4/h7-9,12-14,16,29H,6,10-11,15H2,1-5H3,(H,28,35)(H,30,33,34). The Bertz CT molecular complexity index is 1330. The molecule has 1 aromatic heterocycles. The zero-order chi connectivity index (χ0) is 26.0. The Kier molecular flexibility index (Phi) is 7.42. The molecular formula is C27H33N5O4. The minimum Gasteiger partial charge on any atom is -0.410 e. The monoisotopic (exact) mass is 491 g/mol. The summed E-state index contributed by atoms with van der Waals surface area (Å²) in [6, 6.07) is 11.2. The van der Waals surface area contributed by atoms with Crippen molar-refractivity contribution >= 4 is 28.8 Å². The number of amides is 3. The summed E-state index contributed by atoms with van der Waals surface area (Å²) in [4.78, 5) is 39.8. The number of ether oxygens (including phenoxy) is 1. The van der Waals surface area contributed by atoms with Gasteiger partial charge in [-0.1, -0.05) is 12.1 Å². The lowest BCUT2D eigenvalue weighted by Gasteiger charge is -2.17. The molecule has 0 saturated carbocycles. The molecule has 0 aliphatic carbocycles. The number of aryl methyl sites for hydroxylation is 1. The van der Waals surface area contributed by atoms with Gasteiger partial charge in [-0.2, -0.15) is 0 Å². The fourth-order valence-corrected chi connectivity index (χ4v) is 4.47. The molecule has 2 heterocycles. The summed E-state index contributed by atoms with van der Waals surface area (Å²) in [5.74, 6) is -0.482. The van der Waals surface area contributed by atoms with E-state index in [1.54, 1.807) is 25.1 Å². The molecule has 3 aromatic rings. The van der Waals surface area contributed by atoms with E-state index in [9.17, 15) is 14.4 Å². The maximum absolute atomic E-state index is 12.9. The molecule has 0 fully saturated rings. The van der Waals surface area contributed by atoms with Gasteiger partial charge in [0.05, 0.1) is 11.1 Å². The number of rotatable bonds is 9. The zero-order valence-electron chi connectivity index (χ0n) is 21.4. The van der Waals surface area contributed by atoms with Crippen LogP contribution in [0.15, 0.2) is 36.4 Å².